The van der Waals surface area contributed by atoms with Crippen LogP contribution >= 0.6 is 12.4 Å². The van der Waals surface area contributed by atoms with E-state index in [9.17, 15) is 4.79 Å². The van der Waals surface area contributed by atoms with Gasteiger partial charge >= 0.3 is 0 Å². The molecular weight excluding hydrogens is 252 g/mol. The lowest BCUT2D eigenvalue weighted by molar-refractivity contribution is 0.0914. The Morgan fingerprint density at radius 3 is 2.89 bits per heavy atom. The zero-order chi connectivity index (χ0) is 12.4. The summed E-state index contributed by atoms with van der Waals surface area (Å²) in [4.78, 5) is 12.1. The number of amides is 1. The molecule has 18 heavy (non-hydrogen) atoms. The van der Waals surface area contributed by atoms with E-state index in [1.807, 2.05) is 14.0 Å². The molecule has 1 amide bonds. The molecule has 1 aliphatic heterocycles. The number of aryl methyl sites for hydroxylation is 1. The van der Waals surface area contributed by atoms with E-state index in [4.69, 9.17) is 0 Å². The van der Waals surface area contributed by atoms with Crippen molar-refractivity contribution in [2.45, 2.75) is 26.3 Å². The molecule has 0 saturated carbocycles. The summed E-state index contributed by atoms with van der Waals surface area (Å²) in [6, 6.07) is 0.218. The zero-order valence-corrected chi connectivity index (χ0v) is 11.9. The van der Waals surface area contributed by atoms with E-state index in [-0.39, 0.29) is 24.4 Å². The smallest absolute Gasteiger partial charge is 0.255 e. The van der Waals surface area contributed by atoms with Gasteiger partial charge in [0.25, 0.3) is 5.91 Å². The molecule has 0 aromatic carbocycles. The predicted molar refractivity (Wildman–Crippen MR) is 73.1 cm³/mol. The van der Waals surface area contributed by atoms with Gasteiger partial charge in [0.2, 0.25) is 0 Å². The van der Waals surface area contributed by atoms with Gasteiger partial charge in [0, 0.05) is 25.3 Å². The van der Waals surface area contributed by atoms with Gasteiger partial charge in [0.15, 0.2) is 0 Å². The molecule has 0 radical (unpaired) electrons. The number of carbonyl (C=O) groups is 1. The number of rotatable bonds is 2. The molecule has 6 heteroatoms. The number of aromatic nitrogens is 2. The van der Waals surface area contributed by atoms with Crippen molar-refractivity contribution in [3.8, 4) is 0 Å². The molecule has 1 aliphatic rings. The lowest BCUT2D eigenvalue weighted by Crippen LogP contribution is -2.50. The molecular formula is C12H21ClN4O. The molecule has 1 saturated heterocycles. The van der Waals surface area contributed by atoms with E-state index in [1.54, 1.807) is 10.9 Å². The van der Waals surface area contributed by atoms with Crippen LogP contribution < -0.4 is 10.6 Å². The van der Waals surface area contributed by atoms with Crippen LogP contribution in [0.4, 0.5) is 0 Å². The van der Waals surface area contributed by atoms with Crippen molar-refractivity contribution in [3.05, 3.63) is 17.5 Å². The minimum atomic E-state index is -0.0175. The van der Waals surface area contributed by atoms with Gasteiger partial charge in [-0.05, 0) is 25.8 Å². The van der Waals surface area contributed by atoms with Crippen LogP contribution in [0.1, 0.15) is 29.4 Å². The molecule has 1 fully saturated rings. The number of nitrogens with one attached hydrogen (secondary N) is 2. The Morgan fingerprint density at radius 1 is 1.61 bits per heavy atom. The van der Waals surface area contributed by atoms with Crippen molar-refractivity contribution in [2.75, 3.05) is 13.1 Å². The van der Waals surface area contributed by atoms with Gasteiger partial charge in [-0.3, -0.25) is 9.48 Å². The first-order valence-corrected chi connectivity index (χ1v) is 6.09. The fourth-order valence-electron chi connectivity index (χ4n) is 2.15. The maximum atomic E-state index is 12.1. The van der Waals surface area contributed by atoms with Crippen LogP contribution in [0.3, 0.4) is 0 Å². The van der Waals surface area contributed by atoms with Crippen LogP contribution in [-0.2, 0) is 7.05 Å². The van der Waals surface area contributed by atoms with E-state index in [0.29, 0.717) is 11.5 Å². The summed E-state index contributed by atoms with van der Waals surface area (Å²) in [7, 11) is 1.84. The molecule has 1 aromatic rings. The highest BCUT2D eigenvalue weighted by atomic mass is 35.5. The second-order valence-corrected chi connectivity index (χ2v) is 4.82. The SMILES string of the molecule is Cc1c(C(=O)NC2CNCCC2C)cnn1C.Cl. The lowest BCUT2D eigenvalue weighted by Gasteiger charge is -2.30. The molecule has 2 heterocycles. The molecule has 0 aliphatic carbocycles. The summed E-state index contributed by atoms with van der Waals surface area (Å²) in [6.07, 6.45) is 2.74. The molecule has 0 bridgehead atoms. The monoisotopic (exact) mass is 272 g/mol. The average Bonchev–Trinajstić information content (AvgIpc) is 2.63. The van der Waals surface area contributed by atoms with Crippen LogP contribution in [0.15, 0.2) is 6.20 Å². The Hall–Kier alpha value is -1.07. The minimum Gasteiger partial charge on any atom is -0.348 e. The lowest BCUT2D eigenvalue weighted by atomic mass is 9.94. The van der Waals surface area contributed by atoms with Crippen molar-refractivity contribution < 1.29 is 4.79 Å². The first kappa shape index (κ1) is 15.0. The van der Waals surface area contributed by atoms with Gasteiger partial charge in [-0.2, -0.15) is 5.10 Å². The molecule has 5 nitrogen and oxygen atoms in total. The van der Waals surface area contributed by atoms with Gasteiger partial charge in [0.1, 0.15) is 0 Å². The van der Waals surface area contributed by atoms with Crippen molar-refractivity contribution in [3.63, 3.8) is 0 Å². The molecule has 0 spiro atoms. The summed E-state index contributed by atoms with van der Waals surface area (Å²) in [5.74, 6) is 0.508. The van der Waals surface area contributed by atoms with E-state index in [2.05, 4.69) is 22.7 Å². The summed E-state index contributed by atoms with van der Waals surface area (Å²) in [6.45, 7) is 5.98. The van der Waals surface area contributed by atoms with Gasteiger partial charge in [-0.1, -0.05) is 6.92 Å². The third-order valence-electron chi connectivity index (χ3n) is 3.62. The molecule has 2 atom stereocenters. The first-order valence-electron chi connectivity index (χ1n) is 6.09. The predicted octanol–water partition coefficient (Wildman–Crippen LogP) is 0.878. The van der Waals surface area contributed by atoms with Gasteiger partial charge in [-0.25, -0.2) is 0 Å². The fourth-order valence-corrected chi connectivity index (χ4v) is 2.15. The molecule has 2 rings (SSSR count). The highest BCUT2D eigenvalue weighted by Gasteiger charge is 2.24. The number of carbonyl (C=O) groups excluding carboxylic acids is 1. The first-order chi connectivity index (χ1) is 8.09. The van der Waals surface area contributed by atoms with E-state index in [0.717, 1.165) is 25.2 Å². The second kappa shape index (κ2) is 6.20. The van der Waals surface area contributed by atoms with E-state index >= 15 is 0 Å². The van der Waals surface area contributed by atoms with Gasteiger partial charge in [0.05, 0.1) is 11.8 Å². The Kier molecular flexibility index (Phi) is 5.16. The maximum absolute atomic E-state index is 12.1. The van der Waals surface area contributed by atoms with Crippen LogP contribution in [-0.4, -0.2) is 34.8 Å². The topological polar surface area (TPSA) is 59.0 Å². The Morgan fingerprint density at radius 2 is 2.33 bits per heavy atom. The number of hydrogen-bond acceptors (Lipinski definition) is 3. The molecule has 2 unspecified atom stereocenters. The maximum Gasteiger partial charge on any atom is 0.255 e. The largest absolute Gasteiger partial charge is 0.348 e. The van der Waals surface area contributed by atoms with Crippen molar-refractivity contribution in [1.82, 2.24) is 20.4 Å². The van der Waals surface area contributed by atoms with Crippen molar-refractivity contribution in [2.24, 2.45) is 13.0 Å². The third-order valence-corrected chi connectivity index (χ3v) is 3.62. The second-order valence-electron chi connectivity index (χ2n) is 4.82. The highest BCUT2D eigenvalue weighted by Crippen LogP contribution is 2.13. The quantitative estimate of drug-likeness (QED) is 0.840. The van der Waals surface area contributed by atoms with Crippen LogP contribution in [0.5, 0.6) is 0 Å². The molecule has 1 aromatic heterocycles. The Balaban J connectivity index is 0.00000162. The van der Waals surface area contributed by atoms with Gasteiger partial charge < -0.3 is 10.6 Å². The van der Waals surface area contributed by atoms with Crippen LogP contribution in [0, 0.1) is 12.8 Å². The standard InChI is InChI=1S/C12H20N4O.ClH/c1-8-4-5-13-7-11(8)15-12(17)10-6-14-16(3)9(10)2;/h6,8,11,13H,4-5,7H2,1-3H3,(H,15,17);1H. The Labute approximate surface area is 114 Å². The summed E-state index contributed by atoms with van der Waals surface area (Å²) in [5, 5.41) is 10.5. The van der Waals surface area contributed by atoms with E-state index < -0.39 is 0 Å². The number of piperidine rings is 1. The number of halogens is 1. The summed E-state index contributed by atoms with van der Waals surface area (Å²) < 4.78 is 1.72. The van der Waals surface area contributed by atoms with Crippen LogP contribution in [0.25, 0.3) is 0 Å². The normalized spacial score (nSPS) is 23.3. The van der Waals surface area contributed by atoms with E-state index in [1.165, 1.54) is 0 Å². The highest BCUT2D eigenvalue weighted by molar-refractivity contribution is 5.95. The number of nitrogens with zero attached hydrogens (tertiary/aromatic N) is 2. The minimum absolute atomic E-state index is 0. The zero-order valence-electron chi connectivity index (χ0n) is 11.1. The summed E-state index contributed by atoms with van der Waals surface area (Å²) in [5.41, 5.74) is 1.57. The average molecular weight is 273 g/mol. The third kappa shape index (κ3) is 3.03. The molecule has 2 N–H and O–H groups in total. The van der Waals surface area contributed by atoms with Crippen LogP contribution in [0.2, 0.25) is 0 Å². The fraction of sp³-hybridized carbons (Fsp3) is 0.667. The Bertz CT molecular complexity index is 418. The van der Waals surface area contributed by atoms with Gasteiger partial charge in [-0.15, -0.1) is 12.4 Å². The molecule has 102 valence electrons. The van der Waals surface area contributed by atoms with Crippen molar-refractivity contribution in [1.29, 1.82) is 0 Å². The number of hydrogen-bond donors (Lipinski definition) is 2. The van der Waals surface area contributed by atoms with Crippen molar-refractivity contribution >= 4 is 18.3 Å². The summed E-state index contributed by atoms with van der Waals surface area (Å²) >= 11 is 0.